The van der Waals surface area contributed by atoms with Crippen LogP contribution in [0.25, 0.3) is 53.6 Å². The second-order valence-electron chi connectivity index (χ2n) is 12.4. The van der Waals surface area contributed by atoms with E-state index >= 15 is 0 Å². The lowest BCUT2D eigenvalue weighted by atomic mass is 9.70. The molecule has 0 saturated carbocycles. The minimum absolute atomic E-state index is 0.0216. The molecule has 0 unspecified atom stereocenters. The molecule has 0 atom stereocenters. The normalized spacial score (nSPS) is 16.0. The summed E-state index contributed by atoms with van der Waals surface area (Å²) in [5.74, 6) is 0. The average Bonchev–Trinajstić information content (AvgIpc) is 3.68. The highest BCUT2D eigenvalue weighted by Crippen LogP contribution is 2.64. The van der Waals surface area contributed by atoms with Crippen LogP contribution in [0.15, 0.2) is 121 Å². The summed E-state index contributed by atoms with van der Waals surface area (Å²) in [7, 11) is 0. The Morgan fingerprint density at radius 1 is 0.439 bits per heavy atom. The van der Waals surface area contributed by atoms with Gasteiger partial charge in [0, 0.05) is 25.6 Å². The van der Waals surface area contributed by atoms with Gasteiger partial charge in [-0.25, -0.2) is 0 Å². The van der Waals surface area contributed by atoms with Crippen LogP contribution in [-0.2, 0) is 10.8 Å². The molecule has 192 valence electrons. The Kier molecular flexibility index (Phi) is 3.93. The van der Waals surface area contributed by atoms with Crippen LogP contribution in [0.1, 0.15) is 47.2 Å². The molecular formula is C40H26S. The van der Waals surface area contributed by atoms with Crippen LogP contribution in [0.4, 0.5) is 0 Å². The van der Waals surface area contributed by atoms with E-state index in [1.807, 2.05) is 11.3 Å². The first-order valence-electron chi connectivity index (χ1n) is 14.5. The summed E-state index contributed by atoms with van der Waals surface area (Å²) in [5, 5.41) is 2.77. The molecule has 0 aliphatic heterocycles. The van der Waals surface area contributed by atoms with Gasteiger partial charge in [0.2, 0.25) is 0 Å². The molecule has 0 amide bonds. The fourth-order valence-electron chi connectivity index (χ4n) is 8.67. The number of fused-ring (bicyclic) bond motifs is 17. The van der Waals surface area contributed by atoms with Crippen LogP contribution in [0.3, 0.4) is 0 Å². The molecule has 0 N–H and O–H groups in total. The predicted molar refractivity (Wildman–Crippen MR) is 173 cm³/mol. The van der Waals surface area contributed by atoms with E-state index in [1.54, 1.807) is 0 Å². The highest BCUT2D eigenvalue weighted by molar-refractivity contribution is 7.26. The molecule has 1 aromatic heterocycles. The number of hydrogen-bond acceptors (Lipinski definition) is 1. The summed E-state index contributed by atoms with van der Waals surface area (Å²) in [6.45, 7) is 4.80. The van der Waals surface area contributed by atoms with Gasteiger partial charge < -0.3 is 0 Å². The molecule has 6 aromatic carbocycles. The number of benzene rings is 6. The van der Waals surface area contributed by atoms with Gasteiger partial charge in [-0.15, -0.1) is 11.3 Å². The molecule has 1 heteroatoms. The van der Waals surface area contributed by atoms with E-state index in [2.05, 4.69) is 135 Å². The second-order valence-corrected chi connectivity index (χ2v) is 13.5. The molecule has 7 aromatic rings. The molecule has 3 aliphatic carbocycles. The second kappa shape index (κ2) is 7.24. The van der Waals surface area contributed by atoms with Gasteiger partial charge in [-0.05, 0) is 78.9 Å². The van der Waals surface area contributed by atoms with Gasteiger partial charge in [-0.2, -0.15) is 0 Å². The highest BCUT2D eigenvalue weighted by atomic mass is 32.1. The fraction of sp³-hybridized carbons (Fsp3) is 0.100. The Morgan fingerprint density at radius 2 is 0.951 bits per heavy atom. The van der Waals surface area contributed by atoms with Gasteiger partial charge in [0.05, 0.1) is 5.41 Å². The third-order valence-corrected chi connectivity index (χ3v) is 11.5. The van der Waals surface area contributed by atoms with Crippen LogP contribution < -0.4 is 0 Å². The Balaban J connectivity index is 1.35. The van der Waals surface area contributed by atoms with E-state index < -0.39 is 0 Å². The van der Waals surface area contributed by atoms with Crippen LogP contribution in [-0.4, -0.2) is 0 Å². The van der Waals surface area contributed by atoms with Crippen molar-refractivity contribution >= 4 is 31.5 Å². The van der Waals surface area contributed by atoms with Crippen LogP contribution >= 0.6 is 11.3 Å². The van der Waals surface area contributed by atoms with E-state index in [-0.39, 0.29) is 10.8 Å². The zero-order chi connectivity index (χ0) is 27.1. The zero-order valence-corrected chi connectivity index (χ0v) is 23.8. The Morgan fingerprint density at radius 3 is 1.56 bits per heavy atom. The molecule has 10 rings (SSSR count). The van der Waals surface area contributed by atoms with Crippen molar-refractivity contribution in [2.45, 2.75) is 24.7 Å². The van der Waals surface area contributed by atoms with Gasteiger partial charge in [0.15, 0.2) is 0 Å². The number of rotatable bonds is 0. The van der Waals surface area contributed by atoms with Gasteiger partial charge in [0.1, 0.15) is 0 Å². The molecule has 1 heterocycles. The fourth-order valence-corrected chi connectivity index (χ4v) is 10.1. The molecular weight excluding hydrogens is 513 g/mol. The molecule has 0 bridgehead atoms. The third kappa shape index (κ3) is 2.42. The van der Waals surface area contributed by atoms with Crippen molar-refractivity contribution in [3.63, 3.8) is 0 Å². The van der Waals surface area contributed by atoms with Crippen molar-refractivity contribution in [2.75, 3.05) is 0 Å². The van der Waals surface area contributed by atoms with Gasteiger partial charge in [-0.1, -0.05) is 123 Å². The summed E-state index contributed by atoms with van der Waals surface area (Å²) < 4.78 is 2.82. The van der Waals surface area contributed by atoms with Crippen molar-refractivity contribution in [2.24, 2.45) is 0 Å². The monoisotopic (exact) mass is 538 g/mol. The molecule has 41 heavy (non-hydrogen) atoms. The summed E-state index contributed by atoms with van der Waals surface area (Å²) >= 11 is 1.98. The quantitative estimate of drug-likeness (QED) is 0.180. The smallest absolute Gasteiger partial charge is 0.0725 e. The number of hydrogen-bond donors (Lipinski definition) is 0. The van der Waals surface area contributed by atoms with E-state index in [0.29, 0.717) is 0 Å². The van der Waals surface area contributed by atoms with Gasteiger partial charge >= 0.3 is 0 Å². The van der Waals surface area contributed by atoms with E-state index in [1.165, 1.54) is 86.9 Å². The van der Waals surface area contributed by atoms with Crippen molar-refractivity contribution < 1.29 is 0 Å². The number of thiophene rings is 1. The SMILES string of the molecule is CC1(C)c2ccccc2-c2ccc3c(sc4cc5c(cc43)C3(c4ccccc4-c4ccccc43)c3ccccc3-5)c21. The maximum Gasteiger partial charge on any atom is 0.0725 e. The maximum absolute atomic E-state index is 2.56. The molecule has 0 nitrogen and oxygen atoms in total. The maximum atomic E-state index is 2.56. The van der Waals surface area contributed by atoms with Crippen LogP contribution in [0.2, 0.25) is 0 Å². The molecule has 0 saturated heterocycles. The van der Waals surface area contributed by atoms with Crippen molar-refractivity contribution in [1.29, 1.82) is 0 Å². The lowest BCUT2D eigenvalue weighted by Crippen LogP contribution is -2.25. The van der Waals surface area contributed by atoms with E-state index in [0.717, 1.165) is 0 Å². The Labute approximate surface area is 243 Å². The zero-order valence-electron chi connectivity index (χ0n) is 23.0. The lowest BCUT2D eigenvalue weighted by Gasteiger charge is -2.30. The summed E-state index contributed by atoms with van der Waals surface area (Å²) in [5.41, 5.74) is 16.5. The van der Waals surface area contributed by atoms with E-state index in [9.17, 15) is 0 Å². The minimum Gasteiger partial charge on any atom is -0.135 e. The summed E-state index contributed by atoms with van der Waals surface area (Å²) in [4.78, 5) is 0. The average molecular weight is 539 g/mol. The van der Waals surface area contributed by atoms with Crippen molar-refractivity contribution in [3.8, 4) is 33.4 Å². The first-order chi connectivity index (χ1) is 20.1. The molecule has 0 radical (unpaired) electrons. The predicted octanol–water partition coefficient (Wildman–Crippen LogP) is 10.7. The summed E-state index contributed by atoms with van der Waals surface area (Å²) in [6, 6.07) is 46.1. The highest BCUT2D eigenvalue weighted by Gasteiger charge is 2.51. The molecule has 0 fully saturated rings. The Hall–Kier alpha value is -4.46. The van der Waals surface area contributed by atoms with Crippen LogP contribution in [0, 0.1) is 0 Å². The third-order valence-electron chi connectivity index (χ3n) is 10.3. The topological polar surface area (TPSA) is 0 Å². The lowest BCUT2D eigenvalue weighted by molar-refractivity contribution is 0.667. The largest absolute Gasteiger partial charge is 0.135 e. The molecule has 3 aliphatic rings. The first kappa shape index (κ1) is 22.3. The molecule has 1 spiro atoms. The Bertz CT molecular complexity index is 2250. The van der Waals surface area contributed by atoms with E-state index in [4.69, 9.17) is 0 Å². The van der Waals surface area contributed by atoms with Gasteiger partial charge in [-0.3, -0.25) is 0 Å². The minimum atomic E-state index is -0.298. The van der Waals surface area contributed by atoms with Crippen molar-refractivity contribution in [3.05, 3.63) is 155 Å². The summed E-state index contributed by atoms with van der Waals surface area (Å²) in [6.07, 6.45) is 0. The standard InChI is InChI=1S/C40H26S/c1-39(2)31-15-7-3-13-25(31)27-19-20-28-30-21-35-29(22-36(30)41-38(28)37(27)39)26-14-6-10-18-34(26)40(35)32-16-8-4-11-23(32)24-12-5-9-17-33(24)40/h3-22H,1-2H3. The van der Waals surface area contributed by atoms with Crippen molar-refractivity contribution in [1.82, 2.24) is 0 Å². The first-order valence-corrected chi connectivity index (χ1v) is 15.3. The van der Waals surface area contributed by atoms with Gasteiger partial charge in [0.25, 0.3) is 0 Å². The van der Waals surface area contributed by atoms with Crippen LogP contribution in [0.5, 0.6) is 0 Å².